The van der Waals surface area contributed by atoms with Gasteiger partial charge in [0.25, 0.3) is 5.91 Å². The monoisotopic (exact) mass is 238 g/mol. The van der Waals surface area contributed by atoms with Crippen LogP contribution < -0.4 is 15.5 Å². The van der Waals surface area contributed by atoms with Crippen LogP contribution in [0.1, 0.15) is 5.76 Å². The van der Waals surface area contributed by atoms with Crippen molar-refractivity contribution in [1.29, 1.82) is 5.26 Å². The summed E-state index contributed by atoms with van der Waals surface area (Å²) in [5.74, 6) is -0.539. The molecule has 0 saturated carbocycles. The highest BCUT2D eigenvalue weighted by Crippen LogP contribution is 2.05. The third kappa shape index (κ3) is 3.96. The van der Waals surface area contributed by atoms with E-state index in [2.05, 4.69) is 5.32 Å². The molecule has 0 atom stereocenters. The Hall–Kier alpha value is -2.33. The number of nitriles is 1. The lowest BCUT2D eigenvalue weighted by molar-refractivity contribution is -0.122. The SMILES string of the molecule is N#CCNC(=O)COc1coc(CO)cc1=O. The zero-order valence-corrected chi connectivity index (χ0v) is 8.80. The van der Waals surface area contributed by atoms with E-state index in [1.165, 1.54) is 0 Å². The van der Waals surface area contributed by atoms with E-state index in [1.54, 1.807) is 6.07 Å². The summed E-state index contributed by atoms with van der Waals surface area (Å²) in [6.07, 6.45) is 1.02. The number of aliphatic hydroxyl groups is 1. The Balaban J connectivity index is 2.56. The molecule has 1 heterocycles. The Morgan fingerprint density at radius 2 is 2.41 bits per heavy atom. The van der Waals surface area contributed by atoms with Crippen LogP contribution >= 0.6 is 0 Å². The highest BCUT2D eigenvalue weighted by atomic mass is 16.5. The molecule has 1 aromatic rings. The first-order valence-corrected chi connectivity index (χ1v) is 4.66. The van der Waals surface area contributed by atoms with Gasteiger partial charge in [-0.15, -0.1) is 0 Å². The van der Waals surface area contributed by atoms with E-state index in [-0.39, 0.29) is 24.7 Å². The van der Waals surface area contributed by atoms with Gasteiger partial charge in [0.05, 0.1) is 6.07 Å². The van der Waals surface area contributed by atoms with Gasteiger partial charge in [-0.25, -0.2) is 0 Å². The highest BCUT2D eigenvalue weighted by molar-refractivity contribution is 5.77. The number of amides is 1. The van der Waals surface area contributed by atoms with Gasteiger partial charge in [0.15, 0.2) is 6.61 Å². The molecule has 90 valence electrons. The fourth-order valence-electron chi connectivity index (χ4n) is 0.959. The van der Waals surface area contributed by atoms with E-state index in [4.69, 9.17) is 19.5 Å². The minimum Gasteiger partial charge on any atom is -0.477 e. The van der Waals surface area contributed by atoms with Crippen LogP contribution in [0.5, 0.6) is 5.75 Å². The maximum absolute atomic E-state index is 11.3. The summed E-state index contributed by atoms with van der Waals surface area (Å²) in [5, 5.41) is 19.2. The molecule has 0 unspecified atom stereocenters. The Kier molecular flexibility index (Phi) is 4.72. The molecule has 1 rings (SSSR count). The number of aliphatic hydroxyl groups excluding tert-OH is 1. The molecule has 1 amide bonds. The molecule has 0 aliphatic rings. The van der Waals surface area contributed by atoms with Crippen molar-refractivity contribution in [3.8, 4) is 11.8 Å². The molecular formula is C10H10N2O5. The van der Waals surface area contributed by atoms with Crippen LogP contribution in [0.25, 0.3) is 0 Å². The van der Waals surface area contributed by atoms with E-state index < -0.39 is 17.9 Å². The molecule has 1 aromatic heterocycles. The van der Waals surface area contributed by atoms with Crippen molar-refractivity contribution in [1.82, 2.24) is 5.32 Å². The maximum atomic E-state index is 11.3. The third-order valence-corrected chi connectivity index (χ3v) is 1.73. The van der Waals surface area contributed by atoms with E-state index in [0.717, 1.165) is 12.3 Å². The summed E-state index contributed by atoms with van der Waals surface area (Å²) in [4.78, 5) is 22.4. The Morgan fingerprint density at radius 1 is 1.65 bits per heavy atom. The van der Waals surface area contributed by atoms with Crippen LogP contribution in [-0.2, 0) is 11.4 Å². The quantitative estimate of drug-likeness (QED) is 0.646. The van der Waals surface area contributed by atoms with Crippen molar-refractivity contribution in [3.63, 3.8) is 0 Å². The van der Waals surface area contributed by atoms with E-state index >= 15 is 0 Å². The zero-order valence-electron chi connectivity index (χ0n) is 8.80. The van der Waals surface area contributed by atoms with E-state index in [0.29, 0.717) is 0 Å². The molecule has 0 radical (unpaired) electrons. The molecule has 7 heteroatoms. The summed E-state index contributed by atoms with van der Waals surface area (Å²) in [6.45, 7) is -0.899. The van der Waals surface area contributed by atoms with Crippen molar-refractivity contribution in [2.75, 3.05) is 13.2 Å². The molecule has 0 aliphatic heterocycles. The molecule has 17 heavy (non-hydrogen) atoms. The first-order chi connectivity index (χ1) is 8.17. The lowest BCUT2D eigenvalue weighted by atomic mass is 10.4. The average Bonchev–Trinajstić information content (AvgIpc) is 2.34. The molecule has 0 bridgehead atoms. The topological polar surface area (TPSA) is 113 Å². The van der Waals surface area contributed by atoms with Gasteiger partial charge >= 0.3 is 0 Å². The number of hydrogen-bond donors (Lipinski definition) is 2. The van der Waals surface area contributed by atoms with Crippen molar-refractivity contribution in [2.24, 2.45) is 0 Å². The fourth-order valence-corrected chi connectivity index (χ4v) is 0.959. The highest BCUT2D eigenvalue weighted by Gasteiger charge is 2.06. The van der Waals surface area contributed by atoms with Gasteiger partial charge in [0.1, 0.15) is 25.2 Å². The number of carbonyl (C=O) groups is 1. The molecular weight excluding hydrogens is 228 g/mol. The van der Waals surface area contributed by atoms with Crippen LogP contribution in [0.2, 0.25) is 0 Å². The van der Waals surface area contributed by atoms with Gasteiger partial charge < -0.3 is 19.6 Å². The predicted molar refractivity (Wildman–Crippen MR) is 55.0 cm³/mol. The minimum atomic E-state index is -0.516. The van der Waals surface area contributed by atoms with Gasteiger partial charge in [-0.2, -0.15) is 5.26 Å². The summed E-state index contributed by atoms with van der Waals surface area (Å²) >= 11 is 0. The van der Waals surface area contributed by atoms with Gasteiger partial charge in [-0.3, -0.25) is 9.59 Å². The summed E-state index contributed by atoms with van der Waals surface area (Å²) in [5.41, 5.74) is -0.492. The molecule has 0 fully saturated rings. The number of carbonyl (C=O) groups excluding carboxylic acids is 1. The second-order valence-corrected chi connectivity index (χ2v) is 2.96. The molecule has 0 aliphatic carbocycles. The first kappa shape index (κ1) is 12.7. The normalized spacial score (nSPS) is 9.41. The van der Waals surface area contributed by atoms with Crippen LogP contribution in [-0.4, -0.2) is 24.2 Å². The van der Waals surface area contributed by atoms with Crippen molar-refractivity contribution >= 4 is 5.91 Å². The second kappa shape index (κ2) is 6.30. The standard InChI is InChI=1S/C10H10N2O5/c11-1-2-12-10(15)6-17-9-5-16-7(4-13)3-8(9)14/h3,5,13H,2,4,6H2,(H,12,15). The van der Waals surface area contributed by atoms with E-state index in [9.17, 15) is 9.59 Å². The number of nitrogens with one attached hydrogen (secondary N) is 1. The summed E-state index contributed by atoms with van der Waals surface area (Å²) in [7, 11) is 0. The van der Waals surface area contributed by atoms with Crippen LogP contribution in [0.15, 0.2) is 21.5 Å². The van der Waals surface area contributed by atoms with Gasteiger partial charge in [-0.05, 0) is 0 Å². The van der Waals surface area contributed by atoms with Gasteiger partial charge in [0, 0.05) is 6.07 Å². The van der Waals surface area contributed by atoms with Crippen molar-refractivity contribution < 1.29 is 19.1 Å². The predicted octanol–water partition coefficient (Wildman–Crippen LogP) is -0.849. The minimum absolute atomic E-state index is 0.108. The molecule has 7 nitrogen and oxygen atoms in total. The zero-order chi connectivity index (χ0) is 12.7. The largest absolute Gasteiger partial charge is 0.477 e. The van der Waals surface area contributed by atoms with Crippen molar-refractivity contribution in [3.05, 3.63) is 28.3 Å². The molecule has 0 aromatic carbocycles. The third-order valence-electron chi connectivity index (χ3n) is 1.73. The maximum Gasteiger partial charge on any atom is 0.258 e. The van der Waals surface area contributed by atoms with E-state index in [1.807, 2.05) is 0 Å². The Bertz CT molecular complexity index is 488. The Morgan fingerprint density at radius 3 is 3.00 bits per heavy atom. The average molecular weight is 238 g/mol. The summed E-state index contributed by atoms with van der Waals surface area (Å²) < 4.78 is 9.73. The van der Waals surface area contributed by atoms with Crippen molar-refractivity contribution in [2.45, 2.75) is 6.61 Å². The fraction of sp³-hybridized carbons (Fsp3) is 0.300. The lowest BCUT2D eigenvalue weighted by Crippen LogP contribution is -2.29. The number of nitrogens with zero attached hydrogens (tertiary/aromatic N) is 1. The number of rotatable bonds is 5. The van der Waals surface area contributed by atoms with Crippen LogP contribution in [0.4, 0.5) is 0 Å². The van der Waals surface area contributed by atoms with Crippen LogP contribution in [0, 0.1) is 11.3 Å². The summed E-state index contributed by atoms with van der Waals surface area (Å²) in [6, 6.07) is 2.80. The Labute approximate surface area is 96.2 Å². The van der Waals surface area contributed by atoms with Gasteiger partial charge in [-0.1, -0.05) is 0 Å². The molecule has 2 N–H and O–H groups in total. The second-order valence-electron chi connectivity index (χ2n) is 2.96. The number of hydrogen-bond acceptors (Lipinski definition) is 6. The van der Waals surface area contributed by atoms with Gasteiger partial charge in [0.2, 0.25) is 11.2 Å². The molecule has 0 spiro atoms. The number of ether oxygens (including phenoxy) is 1. The lowest BCUT2D eigenvalue weighted by Gasteiger charge is -2.04. The first-order valence-electron chi connectivity index (χ1n) is 4.66. The van der Waals surface area contributed by atoms with Crippen LogP contribution in [0.3, 0.4) is 0 Å². The smallest absolute Gasteiger partial charge is 0.258 e. The molecule has 0 saturated heterocycles.